The van der Waals surface area contributed by atoms with Gasteiger partial charge < -0.3 is 15.2 Å². The predicted octanol–water partition coefficient (Wildman–Crippen LogP) is 5.12. The zero-order chi connectivity index (χ0) is 21.2. The minimum Gasteiger partial charge on any atom is -0.357 e. The van der Waals surface area contributed by atoms with Gasteiger partial charge in [0.1, 0.15) is 5.82 Å². The van der Waals surface area contributed by atoms with Gasteiger partial charge in [-0.15, -0.1) is 34.2 Å². The SMILES string of the molecule is CCNC(=NCCCc1nnc(SC)n1C1CCCC1)NCCc1cccc(Cl)c1.I. The Hall–Kier alpha value is -1.000. The van der Waals surface area contributed by atoms with Crippen LogP contribution in [0.1, 0.15) is 56.5 Å². The lowest BCUT2D eigenvalue weighted by atomic mass is 10.1. The number of nitrogens with zero attached hydrogens (tertiary/aromatic N) is 4. The van der Waals surface area contributed by atoms with Crippen LogP contribution < -0.4 is 10.6 Å². The van der Waals surface area contributed by atoms with Crippen molar-refractivity contribution in [2.24, 2.45) is 4.99 Å². The summed E-state index contributed by atoms with van der Waals surface area (Å²) in [5, 5.41) is 17.5. The number of thioether (sulfide) groups is 1. The highest BCUT2D eigenvalue weighted by Gasteiger charge is 2.23. The Kier molecular flexibility index (Phi) is 12.0. The number of hydrogen-bond acceptors (Lipinski definition) is 4. The van der Waals surface area contributed by atoms with Crippen LogP contribution >= 0.6 is 47.3 Å². The van der Waals surface area contributed by atoms with Crippen LogP contribution in [-0.2, 0) is 12.8 Å². The maximum absolute atomic E-state index is 6.07. The monoisotopic (exact) mass is 576 g/mol. The van der Waals surface area contributed by atoms with E-state index < -0.39 is 0 Å². The molecule has 1 heterocycles. The molecule has 172 valence electrons. The predicted molar refractivity (Wildman–Crippen MR) is 142 cm³/mol. The van der Waals surface area contributed by atoms with Gasteiger partial charge in [0.05, 0.1) is 0 Å². The van der Waals surface area contributed by atoms with E-state index in [1.165, 1.54) is 31.2 Å². The molecule has 1 aliphatic rings. The quantitative estimate of drug-likeness (QED) is 0.135. The summed E-state index contributed by atoms with van der Waals surface area (Å²) in [6.45, 7) is 4.51. The average molecular weight is 577 g/mol. The van der Waals surface area contributed by atoms with Crippen LogP contribution in [0.5, 0.6) is 0 Å². The Labute approximate surface area is 212 Å². The summed E-state index contributed by atoms with van der Waals surface area (Å²) in [5.74, 6) is 1.97. The molecular weight excluding hydrogens is 543 g/mol. The first-order valence-electron chi connectivity index (χ1n) is 11.0. The Morgan fingerprint density at radius 1 is 1.23 bits per heavy atom. The van der Waals surface area contributed by atoms with E-state index >= 15 is 0 Å². The van der Waals surface area contributed by atoms with E-state index in [1.807, 2.05) is 18.2 Å². The fourth-order valence-corrected chi connectivity index (χ4v) is 4.72. The highest BCUT2D eigenvalue weighted by Crippen LogP contribution is 2.33. The molecule has 1 aromatic carbocycles. The van der Waals surface area contributed by atoms with Crippen molar-refractivity contribution < 1.29 is 0 Å². The highest BCUT2D eigenvalue weighted by atomic mass is 127. The number of aromatic nitrogens is 3. The Morgan fingerprint density at radius 3 is 2.74 bits per heavy atom. The maximum atomic E-state index is 6.07. The molecule has 6 nitrogen and oxygen atoms in total. The van der Waals surface area contributed by atoms with Gasteiger partial charge in [0, 0.05) is 37.1 Å². The molecule has 0 unspecified atom stereocenters. The van der Waals surface area contributed by atoms with Crippen molar-refractivity contribution in [1.29, 1.82) is 0 Å². The third kappa shape index (κ3) is 8.13. The number of benzene rings is 1. The van der Waals surface area contributed by atoms with Crippen LogP contribution in [0.25, 0.3) is 0 Å². The van der Waals surface area contributed by atoms with Gasteiger partial charge in [-0.2, -0.15) is 0 Å². The van der Waals surface area contributed by atoms with E-state index in [-0.39, 0.29) is 24.0 Å². The Morgan fingerprint density at radius 2 is 2.03 bits per heavy atom. The molecule has 0 atom stereocenters. The van der Waals surface area contributed by atoms with Crippen molar-refractivity contribution in [3.8, 4) is 0 Å². The minimum absolute atomic E-state index is 0. The number of aliphatic imine (C=N–C) groups is 1. The van der Waals surface area contributed by atoms with Crippen molar-refractivity contribution >= 4 is 53.3 Å². The van der Waals surface area contributed by atoms with Crippen molar-refractivity contribution in [3.63, 3.8) is 0 Å². The smallest absolute Gasteiger partial charge is 0.191 e. The third-order valence-electron chi connectivity index (χ3n) is 5.38. The first kappa shape index (κ1) is 26.3. The van der Waals surface area contributed by atoms with E-state index in [2.05, 4.69) is 44.6 Å². The zero-order valence-electron chi connectivity index (χ0n) is 18.4. The molecule has 1 fully saturated rings. The first-order chi connectivity index (χ1) is 14.7. The summed E-state index contributed by atoms with van der Waals surface area (Å²) in [7, 11) is 0. The second-order valence-corrected chi connectivity index (χ2v) is 8.79. The second kappa shape index (κ2) is 14.2. The molecule has 1 aliphatic carbocycles. The zero-order valence-corrected chi connectivity index (χ0v) is 22.3. The lowest BCUT2D eigenvalue weighted by Crippen LogP contribution is -2.38. The lowest BCUT2D eigenvalue weighted by Gasteiger charge is -2.16. The number of aryl methyl sites for hydroxylation is 1. The number of halogens is 2. The Bertz CT molecular complexity index is 822. The van der Waals surface area contributed by atoms with Crippen LogP contribution in [0.4, 0.5) is 0 Å². The molecule has 0 radical (unpaired) electrons. The fourth-order valence-electron chi connectivity index (χ4n) is 3.93. The average Bonchev–Trinajstić information content (AvgIpc) is 3.40. The largest absolute Gasteiger partial charge is 0.357 e. The lowest BCUT2D eigenvalue weighted by molar-refractivity contribution is 0.461. The summed E-state index contributed by atoms with van der Waals surface area (Å²) in [6, 6.07) is 8.58. The molecule has 1 aromatic heterocycles. The molecule has 0 aliphatic heterocycles. The minimum atomic E-state index is 0. The number of hydrogen-bond donors (Lipinski definition) is 2. The van der Waals surface area contributed by atoms with Gasteiger partial charge >= 0.3 is 0 Å². The second-order valence-electron chi connectivity index (χ2n) is 7.58. The molecule has 0 saturated heterocycles. The standard InChI is InChI=1S/C22H33ClN6S.HI/c1-3-24-21(26-15-13-17-8-6-9-18(23)16-17)25-14-7-12-20-27-28-22(30-2)29(20)19-10-4-5-11-19;/h6,8-9,16,19H,3-5,7,10-15H2,1-2H3,(H2,24,25,26);1H. The number of guanidine groups is 1. The van der Waals surface area contributed by atoms with Crippen molar-refractivity contribution in [2.75, 3.05) is 25.9 Å². The van der Waals surface area contributed by atoms with Gasteiger partial charge in [0.15, 0.2) is 11.1 Å². The van der Waals surface area contributed by atoms with E-state index in [0.717, 1.165) is 60.9 Å². The molecule has 31 heavy (non-hydrogen) atoms. The third-order valence-corrected chi connectivity index (χ3v) is 6.25. The molecular formula is C22H34ClIN6S. The maximum Gasteiger partial charge on any atom is 0.191 e. The summed E-state index contributed by atoms with van der Waals surface area (Å²) >= 11 is 7.76. The number of nitrogens with one attached hydrogen (secondary N) is 2. The normalized spacial score (nSPS) is 14.5. The van der Waals surface area contributed by atoms with Gasteiger partial charge in [0.25, 0.3) is 0 Å². The van der Waals surface area contributed by atoms with E-state index in [9.17, 15) is 0 Å². The summed E-state index contributed by atoms with van der Waals surface area (Å²) < 4.78 is 2.38. The summed E-state index contributed by atoms with van der Waals surface area (Å²) in [5.41, 5.74) is 1.22. The summed E-state index contributed by atoms with van der Waals surface area (Å²) in [4.78, 5) is 4.74. The van der Waals surface area contributed by atoms with E-state index in [1.54, 1.807) is 11.8 Å². The molecule has 0 spiro atoms. The van der Waals surface area contributed by atoms with Crippen LogP contribution in [0, 0.1) is 0 Å². The van der Waals surface area contributed by atoms with Gasteiger partial charge in [-0.3, -0.25) is 4.99 Å². The van der Waals surface area contributed by atoms with Gasteiger partial charge in [-0.1, -0.05) is 48.3 Å². The van der Waals surface area contributed by atoms with Gasteiger partial charge in [-0.05, 0) is 56.6 Å². The molecule has 1 saturated carbocycles. The molecule has 9 heteroatoms. The summed E-state index contributed by atoms with van der Waals surface area (Å²) in [6.07, 6.45) is 9.99. The van der Waals surface area contributed by atoms with Gasteiger partial charge in [-0.25, -0.2) is 0 Å². The topological polar surface area (TPSA) is 67.1 Å². The molecule has 3 rings (SSSR count). The van der Waals surface area contributed by atoms with Crippen LogP contribution in [0.2, 0.25) is 5.02 Å². The molecule has 0 amide bonds. The number of rotatable bonds is 10. The first-order valence-corrected chi connectivity index (χ1v) is 12.6. The molecule has 2 N–H and O–H groups in total. The van der Waals surface area contributed by atoms with Crippen molar-refractivity contribution in [2.45, 2.75) is 63.1 Å². The Balaban J connectivity index is 0.00000341. The van der Waals surface area contributed by atoms with Crippen molar-refractivity contribution in [3.05, 3.63) is 40.7 Å². The van der Waals surface area contributed by atoms with Crippen LogP contribution in [0.3, 0.4) is 0 Å². The fraction of sp³-hybridized carbons (Fsp3) is 0.591. The van der Waals surface area contributed by atoms with Crippen molar-refractivity contribution in [1.82, 2.24) is 25.4 Å². The van der Waals surface area contributed by atoms with Crippen LogP contribution in [-0.4, -0.2) is 46.6 Å². The highest BCUT2D eigenvalue weighted by molar-refractivity contribution is 14.0. The van der Waals surface area contributed by atoms with Crippen LogP contribution in [0.15, 0.2) is 34.4 Å². The molecule has 2 aromatic rings. The molecule has 0 bridgehead atoms. The van der Waals surface area contributed by atoms with E-state index in [4.69, 9.17) is 16.6 Å². The van der Waals surface area contributed by atoms with Gasteiger partial charge in [0.2, 0.25) is 0 Å². The van der Waals surface area contributed by atoms with E-state index in [0.29, 0.717) is 6.04 Å².